The molecule has 1 heterocycles. The molecule has 7 heteroatoms. The van der Waals surface area contributed by atoms with Crippen LogP contribution in [0.1, 0.15) is 22.3 Å². The summed E-state index contributed by atoms with van der Waals surface area (Å²) in [6, 6.07) is 14.8. The lowest BCUT2D eigenvalue weighted by molar-refractivity contribution is 0.0952. The number of hydrogen-bond acceptors (Lipinski definition) is 3. The number of aromatic nitrogens is 1. The molecule has 0 aliphatic carbocycles. The number of fused-ring (bicyclic) bond motifs is 1. The van der Waals surface area contributed by atoms with E-state index in [1.807, 2.05) is 18.3 Å². The first-order valence-corrected chi connectivity index (χ1v) is 10.3. The van der Waals surface area contributed by atoms with E-state index in [9.17, 15) is 13.2 Å². The van der Waals surface area contributed by atoms with E-state index in [2.05, 4.69) is 32.8 Å². The zero-order chi connectivity index (χ0) is 19.4. The molecule has 0 saturated carbocycles. The number of para-hydroxylation sites is 1. The highest BCUT2D eigenvalue weighted by Crippen LogP contribution is 2.16. The summed E-state index contributed by atoms with van der Waals surface area (Å²) in [7, 11) is -2.23. The molecule has 6 nitrogen and oxygen atoms in total. The minimum absolute atomic E-state index is 0.0829. The van der Waals surface area contributed by atoms with Crippen molar-refractivity contribution < 1.29 is 13.2 Å². The molecule has 1 aromatic heterocycles. The monoisotopic (exact) mass is 385 g/mol. The normalized spacial score (nSPS) is 11.6. The highest BCUT2D eigenvalue weighted by atomic mass is 32.2. The average Bonchev–Trinajstić information content (AvgIpc) is 3.08. The fraction of sp³-hybridized carbons (Fsp3) is 0.250. The second-order valence-corrected chi connectivity index (χ2v) is 8.25. The van der Waals surface area contributed by atoms with Crippen molar-refractivity contribution in [2.75, 3.05) is 13.6 Å². The summed E-state index contributed by atoms with van der Waals surface area (Å²) in [5, 5.41) is 4.07. The van der Waals surface area contributed by atoms with Crippen molar-refractivity contribution in [3.63, 3.8) is 0 Å². The van der Waals surface area contributed by atoms with Crippen LogP contribution >= 0.6 is 0 Å². The lowest BCUT2D eigenvalue weighted by atomic mass is 10.1. The number of nitrogens with one attached hydrogen (secondary N) is 2. The van der Waals surface area contributed by atoms with Gasteiger partial charge in [0.15, 0.2) is 0 Å². The molecule has 0 fully saturated rings. The lowest BCUT2D eigenvalue weighted by Gasteiger charge is -2.11. The molecule has 1 amide bonds. The molecule has 0 unspecified atom stereocenters. The zero-order valence-corrected chi connectivity index (χ0v) is 16.2. The quantitative estimate of drug-likeness (QED) is 0.614. The van der Waals surface area contributed by atoms with Crippen molar-refractivity contribution in [3.05, 3.63) is 65.9 Å². The minimum atomic E-state index is -3.58. The first-order chi connectivity index (χ1) is 12.9. The van der Waals surface area contributed by atoms with Gasteiger partial charge in [-0.2, -0.15) is 0 Å². The summed E-state index contributed by atoms with van der Waals surface area (Å²) in [6.07, 6.45) is 2.82. The van der Waals surface area contributed by atoms with Crippen molar-refractivity contribution >= 4 is 26.8 Å². The van der Waals surface area contributed by atoms with Crippen molar-refractivity contribution in [2.45, 2.75) is 24.8 Å². The van der Waals surface area contributed by atoms with Crippen molar-refractivity contribution in [2.24, 2.45) is 0 Å². The summed E-state index contributed by atoms with van der Waals surface area (Å²) < 4.78 is 28.3. The predicted molar refractivity (Wildman–Crippen MR) is 106 cm³/mol. The number of nitrogens with zero attached hydrogens (tertiary/aromatic N) is 1. The first-order valence-electron chi connectivity index (χ1n) is 8.78. The van der Waals surface area contributed by atoms with Gasteiger partial charge in [-0.25, -0.2) is 13.1 Å². The Kier molecular flexibility index (Phi) is 5.62. The fourth-order valence-corrected chi connectivity index (χ4v) is 3.77. The Labute approximate surface area is 159 Å². The van der Waals surface area contributed by atoms with Crippen LogP contribution in [0.5, 0.6) is 0 Å². The van der Waals surface area contributed by atoms with Crippen LogP contribution in [-0.4, -0.2) is 32.5 Å². The molecule has 0 atom stereocenters. The maximum absolute atomic E-state index is 12.5. The van der Waals surface area contributed by atoms with Crippen LogP contribution in [0.3, 0.4) is 0 Å². The van der Waals surface area contributed by atoms with Gasteiger partial charge in [-0.1, -0.05) is 24.3 Å². The Bertz CT molecular complexity index is 1070. The molecule has 0 radical (unpaired) electrons. The van der Waals surface area contributed by atoms with Crippen LogP contribution in [-0.2, 0) is 16.6 Å². The van der Waals surface area contributed by atoms with E-state index < -0.39 is 10.0 Å². The second kappa shape index (κ2) is 7.94. The number of amides is 1. The van der Waals surface area contributed by atoms with Gasteiger partial charge in [0.2, 0.25) is 10.0 Å². The molecular formula is C20H23N3O3S. The largest absolute Gasteiger partial charge is 0.352 e. The zero-order valence-electron chi connectivity index (χ0n) is 15.4. The third kappa shape index (κ3) is 4.20. The number of sulfonamides is 1. The van der Waals surface area contributed by atoms with Gasteiger partial charge in [0, 0.05) is 30.4 Å². The minimum Gasteiger partial charge on any atom is -0.352 e. The number of rotatable bonds is 7. The molecule has 2 aromatic carbocycles. The van der Waals surface area contributed by atoms with Crippen molar-refractivity contribution in [1.82, 2.24) is 14.6 Å². The van der Waals surface area contributed by atoms with E-state index in [1.165, 1.54) is 30.1 Å². The van der Waals surface area contributed by atoms with E-state index >= 15 is 0 Å². The molecule has 0 saturated heterocycles. The van der Waals surface area contributed by atoms with Gasteiger partial charge in [-0.3, -0.25) is 4.79 Å². The third-order valence-corrected chi connectivity index (χ3v) is 5.99. The summed E-state index contributed by atoms with van der Waals surface area (Å²) >= 11 is 0. The molecular weight excluding hydrogens is 362 g/mol. The third-order valence-electron chi connectivity index (χ3n) is 4.57. The lowest BCUT2D eigenvalue weighted by Crippen LogP contribution is -2.26. The summed E-state index contributed by atoms with van der Waals surface area (Å²) in [5.41, 5.74) is 2.28. The summed E-state index contributed by atoms with van der Waals surface area (Å²) in [6.45, 7) is 3.09. The molecule has 0 aliphatic rings. The van der Waals surface area contributed by atoms with E-state index in [1.54, 1.807) is 13.0 Å². The van der Waals surface area contributed by atoms with Crippen molar-refractivity contribution in [3.8, 4) is 0 Å². The number of carbonyl (C=O) groups is 1. The Morgan fingerprint density at radius 1 is 1.11 bits per heavy atom. The van der Waals surface area contributed by atoms with Crippen LogP contribution in [0.2, 0.25) is 0 Å². The smallest absolute Gasteiger partial charge is 0.251 e. The number of carbonyl (C=O) groups excluding carboxylic acids is 1. The van der Waals surface area contributed by atoms with Crippen LogP contribution in [0.15, 0.2) is 59.6 Å². The van der Waals surface area contributed by atoms with Crippen molar-refractivity contribution in [1.29, 1.82) is 0 Å². The highest BCUT2D eigenvalue weighted by molar-refractivity contribution is 7.89. The predicted octanol–water partition coefficient (Wildman–Crippen LogP) is 2.68. The molecule has 0 aliphatic heterocycles. The number of benzene rings is 2. The van der Waals surface area contributed by atoms with Crippen LogP contribution in [0.25, 0.3) is 10.9 Å². The number of hydrogen-bond donors (Lipinski definition) is 2. The van der Waals surface area contributed by atoms with E-state index in [-0.39, 0.29) is 10.8 Å². The van der Waals surface area contributed by atoms with E-state index in [0.717, 1.165) is 18.5 Å². The average molecular weight is 385 g/mol. The van der Waals surface area contributed by atoms with Crippen LogP contribution in [0, 0.1) is 6.92 Å². The molecule has 3 rings (SSSR count). The van der Waals surface area contributed by atoms with Gasteiger partial charge in [-0.05, 0) is 55.6 Å². The van der Waals surface area contributed by atoms with Crippen LogP contribution in [0.4, 0.5) is 0 Å². The van der Waals surface area contributed by atoms with Gasteiger partial charge in [0.25, 0.3) is 5.91 Å². The first kappa shape index (κ1) is 19.1. The van der Waals surface area contributed by atoms with Gasteiger partial charge >= 0.3 is 0 Å². The molecule has 2 N–H and O–H groups in total. The van der Waals surface area contributed by atoms with Gasteiger partial charge in [-0.15, -0.1) is 0 Å². The maximum Gasteiger partial charge on any atom is 0.251 e. The standard InChI is InChI=1S/C20H23N3O3S/c1-15-8-9-17(27(25,26)21-2)14-18(15)20(24)22-11-5-12-23-13-10-16-6-3-4-7-19(16)23/h3-4,6-10,13-14,21H,5,11-12H2,1-2H3,(H,22,24). The van der Waals surface area contributed by atoms with Crippen LogP contribution < -0.4 is 10.0 Å². The second-order valence-electron chi connectivity index (χ2n) is 6.36. The van der Waals surface area contributed by atoms with Gasteiger partial charge in [0.05, 0.1) is 4.90 Å². The Balaban J connectivity index is 1.62. The Hall–Kier alpha value is -2.64. The summed E-state index contributed by atoms with van der Waals surface area (Å²) in [4.78, 5) is 12.6. The Morgan fingerprint density at radius 2 is 1.89 bits per heavy atom. The summed E-state index contributed by atoms with van der Waals surface area (Å²) in [5.74, 6) is -0.266. The van der Waals surface area contributed by atoms with Gasteiger partial charge < -0.3 is 9.88 Å². The highest BCUT2D eigenvalue weighted by Gasteiger charge is 2.16. The molecule has 27 heavy (non-hydrogen) atoms. The maximum atomic E-state index is 12.5. The molecule has 0 bridgehead atoms. The molecule has 0 spiro atoms. The SMILES string of the molecule is CNS(=O)(=O)c1ccc(C)c(C(=O)NCCCn2ccc3ccccc32)c1. The number of aryl methyl sites for hydroxylation is 2. The van der Waals surface area contributed by atoms with E-state index in [0.29, 0.717) is 12.1 Å². The molecule has 3 aromatic rings. The van der Waals surface area contributed by atoms with Gasteiger partial charge in [0.1, 0.15) is 0 Å². The Morgan fingerprint density at radius 3 is 2.67 bits per heavy atom. The van der Waals surface area contributed by atoms with E-state index in [4.69, 9.17) is 0 Å². The topological polar surface area (TPSA) is 80.2 Å². The fourth-order valence-electron chi connectivity index (χ4n) is 3.01. The molecule has 142 valence electrons.